The molecule has 1 saturated heterocycles. The molecule has 0 spiro atoms. The van der Waals surface area contributed by atoms with Crippen molar-refractivity contribution in [2.24, 2.45) is 11.7 Å². The first-order chi connectivity index (χ1) is 4.74. The van der Waals surface area contributed by atoms with E-state index in [-0.39, 0.29) is 6.04 Å². The Labute approximate surface area is 59.4 Å². The van der Waals surface area contributed by atoms with Crippen molar-refractivity contribution in [3.8, 4) is 0 Å². The van der Waals surface area contributed by atoms with Gasteiger partial charge in [-0.25, -0.2) is 0 Å². The third-order valence-corrected chi connectivity index (χ3v) is 1.85. The molecule has 0 aromatic heterocycles. The lowest BCUT2D eigenvalue weighted by Crippen LogP contribution is -2.29. The molecule has 0 aromatic rings. The van der Waals surface area contributed by atoms with Gasteiger partial charge in [-0.1, -0.05) is 0 Å². The SMILES string of the molecule is NC[C@@H]1CNC(C(=O)O)C1. The zero-order valence-electron chi connectivity index (χ0n) is 5.71. The molecule has 0 saturated carbocycles. The van der Waals surface area contributed by atoms with Crippen molar-refractivity contribution in [2.45, 2.75) is 12.5 Å². The lowest BCUT2D eigenvalue weighted by atomic mass is 10.1. The van der Waals surface area contributed by atoms with Crippen LogP contribution in [0.25, 0.3) is 0 Å². The molecular formula is C6H12N2O2. The third kappa shape index (κ3) is 1.46. The fourth-order valence-corrected chi connectivity index (χ4v) is 1.18. The van der Waals surface area contributed by atoms with Crippen LogP contribution in [0, 0.1) is 5.92 Å². The van der Waals surface area contributed by atoms with Crippen LogP contribution in [0.4, 0.5) is 0 Å². The minimum atomic E-state index is -0.768. The zero-order chi connectivity index (χ0) is 7.56. The van der Waals surface area contributed by atoms with Crippen LogP contribution < -0.4 is 11.1 Å². The molecule has 1 aliphatic rings. The van der Waals surface area contributed by atoms with Gasteiger partial charge < -0.3 is 16.2 Å². The fourth-order valence-electron chi connectivity index (χ4n) is 1.18. The molecule has 1 heterocycles. The van der Waals surface area contributed by atoms with Crippen LogP contribution in [0.5, 0.6) is 0 Å². The van der Waals surface area contributed by atoms with Gasteiger partial charge in [0.25, 0.3) is 0 Å². The number of hydrogen-bond donors (Lipinski definition) is 3. The predicted molar refractivity (Wildman–Crippen MR) is 36.6 cm³/mol. The Morgan fingerprint density at radius 2 is 2.50 bits per heavy atom. The van der Waals surface area contributed by atoms with E-state index in [2.05, 4.69) is 5.32 Å². The summed E-state index contributed by atoms with van der Waals surface area (Å²) in [5.41, 5.74) is 5.36. The quantitative estimate of drug-likeness (QED) is 0.465. The summed E-state index contributed by atoms with van der Waals surface area (Å²) in [7, 11) is 0. The molecule has 10 heavy (non-hydrogen) atoms. The molecule has 4 N–H and O–H groups in total. The number of aliphatic carboxylic acids is 1. The van der Waals surface area contributed by atoms with Crippen molar-refractivity contribution >= 4 is 5.97 Å². The average Bonchev–Trinajstić information content (AvgIpc) is 2.34. The molecule has 0 aromatic carbocycles. The van der Waals surface area contributed by atoms with Crippen molar-refractivity contribution in [1.82, 2.24) is 5.32 Å². The largest absolute Gasteiger partial charge is 0.480 e. The maximum atomic E-state index is 10.4. The van der Waals surface area contributed by atoms with E-state index in [1.807, 2.05) is 0 Å². The number of carboxylic acids is 1. The van der Waals surface area contributed by atoms with Gasteiger partial charge in [-0.15, -0.1) is 0 Å². The maximum absolute atomic E-state index is 10.4. The second-order valence-electron chi connectivity index (χ2n) is 2.64. The second kappa shape index (κ2) is 2.98. The molecule has 0 radical (unpaired) electrons. The van der Waals surface area contributed by atoms with Crippen LogP contribution in [0.3, 0.4) is 0 Å². The Bertz CT molecular complexity index is 138. The smallest absolute Gasteiger partial charge is 0.320 e. The molecule has 0 aliphatic carbocycles. The number of carbonyl (C=O) groups is 1. The van der Waals surface area contributed by atoms with Gasteiger partial charge in [0, 0.05) is 6.54 Å². The average molecular weight is 144 g/mol. The minimum absolute atomic E-state index is 0.348. The van der Waals surface area contributed by atoms with E-state index in [0.29, 0.717) is 18.9 Å². The molecule has 4 heteroatoms. The minimum Gasteiger partial charge on any atom is -0.480 e. The van der Waals surface area contributed by atoms with Gasteiger partial charge in [-0.05, 0) is 18.9 Å². The molecule has 0 amide bonds. The standard InChI is InChI=1S/C6H12N2O2/c7-2-4-1-5(6(9)10)8-3-4/h4-5,8H,1-3,7H2,(H,9,10)/t4-,5?/m1/s1. The van der Waals surface area contributed by atoms with Gasteiger partial charge in [0.2, 0.25) is 0 Å². The molecule has 1 fully saturated rings. The van der Waals surface area contributed by atoms with E-state index < -0.39 is 5.97 Å². The highest BCUT2D eigenvalue weighted by Gasteiger charge is 2.27. The van der Waals surface area contributed by atoms with E-state index in [1.54, 1.807) is 0 Å². The number of hydrogen-bond acceptors (Lipinski definition) is 3. The lowest BCUT2D eigenvalue weighted by Gasteiger charge is -2.02. The summed E-state index contributed by atoms with van der Waals surface area (Å²) in [6.07, 6.45) is 0.672. The van der Waals surface area contributed by atoms with Gasteiger partial charge in [0.1, 0.15) is 6.04 Å². The van der Waals surface area contributed by atoms with E-state index in [4.69, 9.17) is 10.8 Å². The Morgan fingerprint density at radius 3 is 2.80 bits per heavy atom. The fraction of sp³-hybridized carbons (Fsp3) is 0.833. The highest BCUT2D eigenvalue weighted by molar-refractivity contribution is 5.73. The monoisotopic (exact) mass is 144 g/mol. The van der Waals surface area contributed by atoms with Gasteiger partial charge >= 0.3 is 5.97 Å². The van der Waals surface area contributed by atoms with Crippen molar-refractivity contribution in [2.75, 3.05) is 13.1 Å². The number of carboxylic acid groups (broad SMARTS) is 1. The van der Waals surface area contributed by atoms with E-state index in [1.165, 1.54) is 0 Å². The van der Waals surface area contributed by atoms with Gasteiger partial charge in [-0.2, -0.15) is 0 Å². The number of nitrogens with two attached hydrogens (primary N) is 1. The van der Waals surface area contributed by atoms with Crippen LogP contribution in [0.15, 0.2) is 0 Å². The summed E-state index contributed by atoms with van der Waals surface area (Å²) >= 11 is 0. The van der Waals surface area contributed by atoms with Crippen LogP contribution >= 0.6 is 0 Å². The van der Waals surface area contributed by atoms with Crippen molar-refractivity contribution in [1.29, 1.82) is 0 Å². The third-order valence-electron chi connectivity index (χ3n) is 1.85. The second-order valence-corrected chi connectivity index (χ2v) is 2.64. The van der Waals surface area contributed by atoms with E-state index in [0.717, 1.165) is 6.54 Å². The highest BCUT2D eigenvalue weighted by atomic mass is 16.4. The first-order valence-electron chi connectivity index (χ1n) is 3.40. The zero-order valence-corrected chi connectivity index (χ0v) is 5.71. The highest BCUT2D eigenvalue weighted by Crippen LogP contribution is 2.11. The summed E-state index contributed by atoms with van der Waals surface area (Å²) in [6.45, 7) is 1.32. The first-order valence-corrected chi connectivity index (χ1v) is 3.40. The first kappa shape index (κ1) is 7.50. The molecule has 0 bridgehead atoms. The Balaban J connectivity index is 2.35. The van der Waals surface area contributed by atoms with Crippen molar-refractivity contribution in [3.63, 3.8) is 0 Å². The van der Waals surface area contributed by atoms with Crippen LogP contribution in [0.2, 0.25) is 0 Å². The summed E-state index contributed by atoms with van der Waals surface area (Å²) in [5.74, 6) is -0.419. The molecule has 58 valence electrons. The Morgan fingerprint density at radius 1 is 1.80 bits per heavy atom. The maximum Gasteiger partial charge on any atom is 0.320 e. The molecule has 1 rings (SSSR count). The van der Waals surface area contributed by atoms with E-state index >= 15 is 0 Å². The Kier molecular flexibility index (Phi) is 2.24. The van der Waals surface area contributed by atoms with Crippen molar-refractivity contribution < 1.29 is 9.90 Å². The number of nitrogens with one attached hydrogen (secondary N) is 1. The lowest BCUT2D eigenvalue weighted by molar-refractivity contribution is -0.139. The Hall–Kier alpha value is -0.610. The van der Waals surface area contributed by atoms with Gasteiger partial charge in [0.05, 0.1) is 0 Å². The van der Waals surface area contributed by atoms with Crippen LogP contribution in [-0.4, -0.2) is 30.2 Å². The summed E-state index contributed by atoms with van der Waals surface area (Å²) < 4.78 is 0. The molecule has 4 nitrogen and oxygen atoms in total. The van der Waals surface area contributed by atoms with Crippen LogP contribution in [-0.2, 0) is 4.79 Å². The molecule has 2 atom stereocenters. The summed E-state index contributed by atoms with van der Waals surface area (Å²) in [6, 6.07) is -0.367. The van der Waals surface area contributed by atoms with Gasteiger partial charge in [0.15, 0.2) is 0 Å². The van der Waals surface area contributed by atoms with E-state index in [9.17, 15) is 4.79 Å². The normalized spacial score (nSPS) is 32.5. The van der Waals surface area contributed by atoms with Crippen LogP contribution in [0.1, 0.15) is 6.42 Å². The van der Waals surface area contributed by atoms with Crippen molar-refractivity contribution in [3.05, 3.63) is 0 Å². The topological polar surface area (TPSA) is 75.3 Å². The summed E-state index contributed by atoms with van der Waals surface area (Å²) in [5, 5.41) is 11.4. The molecular weight excluding hydrogens is 132 g/mol. The molecule has 1 aliphatic heterocycles. The molecule has 1 unspecified atom stereocenters. The summed E-state index contributed by atoms with van der Waals surface area (Å²) in [4.78, 5) is 10.4. The number of rotatable bonds is 2. The predicted octanol–water partition coefficient (Wildman–Crippen LogP) is -0.992. The van der Waals surface area contributed by atoms with Gasteiger partial charge in [-0.3, -0.25) is 4.79 Å².